The van der Waals surface area contributed by atoms with E-state index in [9.17, 15) is 23.1 Å². The van der Waals surface area contributed by atoms with E-state index in [4.69, 9.17) is 4.74 Å². The summed E-state index contributed by atoms with van der Waals surface area (Å²) in [6.45, 7) is 7.15. The van der Waals surface area contributed by atoms with Crippen LogP contribution in [0.4, 0.5) is 23.8 Å². The van der Waals surface area contributed by atoms with Crippen LogP contribution in [0.2, 0.25) is 0 Å². The first-order valence-electron chi connectivity index (χ1n) is 8.43. The lowest BCUT2D eigenvalue weighted by atomic mass is 10.1. The Morgan fingerprint density at radius 3 is 2.52 bits per heavy atom. The molecule has 0 saturated carbocycles. The van der Waals surface area contributed by atoms with Gasteiger partial charge in [-0.1, -0.05) is 0 Å². The number of carbonyl (C=O) groups is 1. The normalized spacial score (nSPS) is 18.6. The lowest BCUT2D eigenvalue weighted by Gasteiger charge is -2.42. The Labute approximate surface area is 164 Å². The van der Waals surface area contributed by atoms with Gasteiger partial charge in [-0.2, -0.15) is 13.2 Å². The molecular formula is C17H23BrF3N3O3. The van der Waals surface area contributed by atoms with E-state index in [1.807, 2.05) is 0 Å². The molecular weight excluding hydrogens is 431 g/mol. The molecule has 27 heavy (non-hydrogen) atoms. The van der Waals surface area contributed by atoms with Crippen molar-refractivity contribution in [3.05, 3.63) is 21.8 Å². The zero-order valence-electron chi connectivity index (χ0n) is 15.6. The number of alkyl halides is 3. The summed E-state index contributed by atoms with van der Waals surface area (Å²) in [7, 11) is 0. The maximum Gasteiger partial charge on any atom is 0.418 e. The van der Waals surface area contributed by atoms with Gasteiger partial charge in [-0.25, -0.2) is 9.78 Å². The second-order valence-electron chi connectivity index (χ2n) is 7.39. The fraction of sp³-hybridized carbons (Fsp3) is 0.647. The molecule has 1 atom stereocenters. The SMILES string of the molecule is Cc1c(C(F)(F)F)cnc(N2CCN(C(=O)OC(C)(C)C)CC2CO)c1Br. The Balaban J connectivity index is 2.24. The van der Waals surface area contributed by atoms with Crippen molar-refractivity contribution in [2.75, 3.05) is 31.1 Å². The van der Waals surface area contributed by atoms with E-state index in [0.717, 1.165) is 6.20 Å². The Morgan fingerprint density at radius 1 is 1.37 bits per heavy atom. The highest BCUT2D eigenvalue weighted by Gasteiger charge is 2.37. The highest BCUT2D eigenvalue weighted by atomic mass is 79.9. The average Bonchev–Trinajstić information content (AvgIpc) is 2.54. The number of aromatic nitrogens is 1. The lowest BCUT2D eigenvalue weighted by molar-refractivity contribution is -0.138. The first-order valence-corrected chi connectivity index (χ1v) is 9.22. The Morgan fingerprint density at radius 2 is 2.00 bits per heavy atom. The lowest BCUT2D eigenvalue weighted by Crippen LogP contribution is -2.57. The van der Waals surface area contributed by atoms with Crippen LogP contribution in [0, 0.1) is 6.92 Å². The summed E-state index contributed by atoms with van der Waals surface area (Å²) in [5.41, 5.74) is -1.43. The Hall–Kier alpha value is -1.55. The number of rotatable bonds is 2. The predicted octanol–water partition coefficient (Wildman–Crippen LogP) is 3.59. The van der Waals surface area contributed by atoms with Gasteiger partial charge < -0.3 is 19.6 Å². The van der Waals surface area contributed by atoms with Crippen molar-refractivity contribution in [1.29, 1.82) is 0 Å². The molecule has 0 radical (unpaired) electrons. The largest absolute Gasteiger partial charge is 0.444 e. The number of hydrogen-bond acceptors (Lipinski definition) is 5. The first-order chi connectivity index (χ1) is 12.3. The molecule has 2 rings (SSSR count). The van der Waals surface area contributed by atoms with Gasteiger partial charge in [-0.05, 0) is 49.2 Å². The van der Waals surface area contributed by atoms with E-state index in [0.29, 0.717) is 18.9 Å². The van der Waals surface area contributed by atoms with Gasteiger partial charge in [0.25, 0.3) is 0 Å². The molecule has 1 aliphatic heterocycles. The fourth-order valence-electron chi connectivity index (χ4n) is 2.83. The molecule has 6 nitrogen and oxygen atoms in total. The average molecular weight is 454 g/mol. The van der Waals surface area contributed by atoms with Crippen LogP contribution in [0.1, 0.15) is 31.9 Å². The van der Waals surface area contributed by atoms with Crippen molar-refractivity contribution in [3.8, 4) is 0 Å². The minimum Gasteiger partial charge on any atom is -0.444 e. The summed E-state index contributed by atoms with van der Waals surface area (Å²) in [4.78, 5) is 19.4. The molecule has 2 heterocycles. The summed E-state index contributed by atoms with van der Waals surface area (Å²) in [6.07, 6.45) is -4.19. The summed E-state index contributed by atoms with van der Waals surface area (Å²) in [6, 6.07) is -0.508. The number of halogens is 4. The van der Waals surface area contributed by atoms with Gasteiger partial charge in [0.2, 0.25) is 0 Å². The molecule has 10 heteroatoms. The molecule has 1 aromatic rings. The molecule has 1 aromatic heterocycles. The van der Waals surface area contributed by atoms with E-state index >= 15 is 0 Å². The van der Waals surface area contributed by atoms with Crippen molar-refractivity contribution in [1.82, 2.24) is 9.88 Å². The monoisotopic (exact) mass is 453 g/mol. The molecule has 1 unspecified atom stereocenters. The smallest absolute Gasteiger partial charge is 0.418 e. The van der Waals surface area contributed by atoms with Crippen molar-refractivity contribution >= 4 is 27.8 Å². The van der Waals surface area contributed by atoms with Crippen LogP contribution in [0.15, 0.2) is 10.7 Å². The summed E-state index contributed by atoms with van der Waals surface area (Å²) < 4.78 is 44.7. The summed E-state index contributed by atoms with van der Waals surface area (Å²) in [5, 5.41) is 9.76. The third-order valence-electron chi connectivity index (χ3n) is 4.17. The standard InChI is InChI=1S/C17H23BrF3N3O3/c1-10-12(17(19,20)21)7-22-14(13(10)18)24-6-5-23(8-11(24)9-25)15(26)27-16(2,3)4/h7,11,25H,5-6,8-9H2,1-4H3. The quantitative estimate of drug-likeness (QED) is 0.740. The molecule has 0 bridgehead atoms. The first kappa shape index (κ1) is 21.7. The molecule has 1 aliphatic rings. The zero-order chi connectivity index (χ0) is 20.6. The topological polar surface area (TPSA) is 65.9 Å². The number of ether oxygens (including phenoxy) is 1. The number of aliphatic hydroxyl groups is 1. The number of aliphatic hydroxyl groups excluding tert-OH is 1. The number of hydrogen-bond donors (Lipinski definition) is 1. The molecule has 1 amide bonds. The second kappa shape index (κ2) is 7.83. The number of anilines is 1. The molecule has 0 spiro atoms. The van der Waals surface area contributed by atoms with Crippen LogP contribution in [0.25, 0.3) is 0 Å². The van der Waals surface area contributed by atoms with Gasteiger partial charge in [-0.3, -0.25) is 0 Å². The van der Waals surface area contributed by atoms with Crippen molar-refractivity contribution < 1.29 is 27.8 Å². The number of pyridine rings is 1. The Bertz CT molecular complexity index is 707. The number of nitrogens with zero attached hydrogens (tertiary/aromatic N) is 3. The molecule has 1 N–H and O–H groups in total. The minimum atomic E-state index is -4.50. The van der Waals surface area contributed by atoms with E-state index in [1.165, 1.54) is 11.8 Å². The zero-order valence-corrected chi connectivity index (χ0v) is 17.2. The molecule has 0 aromatic carbocycles. The highest BCUT2D eigenvalue weighted by molar-refractivity contribution is 9.10. The number of amides is 1. The predicted molar refractivity (Wildman–Crippen MR) is 97.7 cm³/mol. The van der Waals surface area contributed by atoms with E-state index in [2.05, 4.69) is 20.9 Å². The van der Waals surface area contributed by atoms with Gasteiger partial charge in [0, 0.05) is 25.8 Å². The minimum absolute atomic E-state index is 0.0266. The number of piperazine rings is 1. The van der Waals surface area contributed by atoms with Crippen LogP contribution in [0.3, 0.4) is 0 Å². The summed E-state index contributed by atoms with van der Waals surface area (Å²) >= 11 is 3.21. The van der Waals surface area contributed by atoms with Gasteiger partial charge >= 0.3 is 12.3 Å². The van der Waals surface area contributed by atoms with Crippen molar-refractivity contribution in [3.63, 3.8) is 0 Å². The second-order valence-corrected chi connectivity index (χ2v) is 8.18. The van der Waals surface area contributed by atoms with E-state index in [1.54, 1.807) is 25.7 Å². The molecule has 152 valence electrons. The molecule has 1 fully saturated rings. The van der Waals surface area contributed by atoms with Crippen molar-refractivity contribution in [2.24, 2.45) is 0 Å². The van der Waals surface area contributed by atoms with Crippen molar-refractivity contribution in [2.45, 2.75) is 45.5 Å². The third-order valence-corrected chi connectivity index (χ3v) is 5.12. The van der Waals surface area contributed by atoms with E-state index in [-0.39, 0.29) is 23.2 Å². The Kier molecular flexibility index (Phi) is 6.30. The van der Waals surface area contributed by atoms with Gasteiger partial charge in [-0.15, -0.1) is 0 Å². The highest BCUT2D eigenvalue weighted by Crippen LogP contribution is 2.38. The maximum atomic E-state index is 13.0. The van der Waals surface area contributed by atoms with Gasteiger partial charge in [0.1, 0.15) is 11.4 Å². The van der Waals surface area contributed by atoms with Crippen LogP contribution >= 0.6 is 15.9 Å². The van der Waals surface area contributed by atoms with E-state index < -0.39 is 29.5 Å². The maximum absolute atomic E-state index is 13.0. The summed E-state index contributed by atoms with van der Waals surface area (Å²) in [5.74, 6) is 0.309. The van der Waals surface area contributed by atoms with Crippen LogP contribution in [-0.2, 0) is 10.9 Å². The third kappa shape index (κ3) is 5.04. The number of carbonyl (C=O) groups excluding carboxylic acids is 1. The fourth-order valence-corrected chi connectivity index (χ4v) is 3.38. The molecule has 0 aliphatic carbocycles. The van der Waals surface area contributed by atoms with Gasteiger partial charge in [0.05, 0.1) is 22.7 Å². The van der Waals surface area contributed by atoms with Gasteiger partial charge in [0.15, 0.2) is 0 Å². The molecule has 1 saturated heterocycles. The van der Waals surface area contributed by atoms with Crippen LogP contribution in [-0.4, -0.2) is 59.0 Å². The van der Waals surface area contributed by atoms with Crippen LogP contribution in [0.5, 0.6) is 0 Å². The van der Waals surface area contributed by atoms with Crippen LogP contribution < -0.4 is 4.90 Å².